The molecule has 2 N–H and O–H groups in total. The van der Waals surface area contributed by atoms with Crippen LogP contribution < -0.4 is 5.32 Å². The van der Waals surface area contributed by atoms with E-state index in [0.29, 0.717) is 5.75 Å². The highest BCUT2D eigenvalue weighted by molar-refractivity contribution is 8.76. The summed E-state index contributed by atoms with van der Waals surface area (Å²) in [5.74, 6) is 0.313. The van der Waals surface area contributed by atoms with Crippen LogP contribution in [0.4, 0.5) is 0 Å². The topological polar surface area (TPSA) is 75.4 Å². The monoisotopic (exact) mass is 312 g/mol. The smallest absolute Gasteiger partial charge is 0.256 e. The fraction of sp³-hybridized carbons (Fsp3) is 0.231. The predicted octanol–water partition coefficient (Wildman–Crippen LogP) is 2.81. The lowest BCUT2D eigenvalue weighted by atomic mass is 10.2. The molecule has 0 aliphatic heterocycles. The molecule has 0 amide bonds. The van der Waals surface area contributed by atoms with Crippen LogP contribution >= 0.6 is 21.6 Å². The van der Waals surface area contributed by atoms with E-state index in [-0.39, 0.29) is 17.2 Å². The van der Waals surface area contributed by atoms with E-state index in [1.165, 1.54) is 27.7 Å². The highest BCUT2D eigenvalue weighted by atomic mass is 33.1. The van der Waals surface area contributed by atoms with E-state index in [9.17, 15) is 10.1 Å². The summed E-state index contributed by atoms with van der Waals surface area (Å²) < 4.78 is 0. The molecule has 0 bridgehead atoms. The van der Waals surface area contributed by atoms with E-state index in [4.69, 9.17) is 5.11 Å². The average Bonchev–Trinajstić information content (AvgIpc) is 2.46. The third-order valence-corrected chi connectivity index (χ3v) is 4.53. The minimum Gasteiger partial charge on any atom is -0.394 e. The van der Waals surface area contributed by atoms with Gasteiger partial charge in [0.1, 0.15) is 0 Å². The van der Waals surface area contributed by atoms with Crippen LogP contribution in [0, 0.1) is 10.1 Å². The molecule has 0 aromatic heterocycles. The molecule has 0 spiro atoms. The molecule has 7 heteroatoms. The summed E-state index contributed by atoms with van der Waals surface area (Å²) in [6.45, 7) is 0.0180. The second-order valence-electron chi connectivity index (χ2n) is 3.71. The molecule has 108 valence electrons. The quantitative estimate of drug-likeness (QED) is 0.333. The Labute approximate surface area is 125 Å². The van der Waals surface area contributed by atoms with Gasteiger partial charge in [0.15, 0.2) is 0 Å². The summed E-state index contributed by atoms with van der Waals surface area (Å²) in [6.07, 6.45) is 4.73. The fourth-order valence-corrected chi connectivity index (χ4v) is 3.27. The molecule has 0 aliphatic carbocycles. The van der Waals surface area contributed by atoms with Crippen LogP contribution in [0.25, 0.3) is 0 Å². The zero-order valence-electron chi connectivity index (χ0n) is 11.0. The summed E-state index contributed by atoms with van der Waals surface area (Å²) in [5, 5.41) is 22.6. The number of nitrogens with zero attached hydrogens (tertiary/aromatic N) is 1. The summed E-state index contributed by atoms with van der Waals surface area (Å²) in [7, 11) is 4.61. The van der Waals surface area contributed by atoms with E-state index >= 15 is 0 Å². The molecular weight excluding hydrogens is 296 g/mol. The number of hydrogen-bond donors (Lipinski definition) is 2. The number of rotatable bonds is 8. The number of nitro groups is 1. The predicted molar refractivity (Wildman–Crippen MR) is 84.0 cm³/mol. The van der Waals surface area contributed by atoms with Crippen molar-refractivity contribution in [2.24, 2.45) is 0 Å². The Balaban J connectivity index is 2.49. The minimum absolute atomic E-state index is 0.0180. The van der Waals surface area contributed by atoms with Crippen molar-refractivity contribution in [2.45, 2.75) is 11.5 Å². The van der Waals surface area contributed by atoms with Gasteiger partial charge >= 0.3 is 0 Å². The maximum atomic E-state index is 10.9. The Hall–Kier alpha value is -1.44. The van der Waals surface area contributed by atoms with Crippen LogP contribution in [-0.2, 0) is 6.61 Å². The van der Waals surface area contributed by atoms with Gasteiger partial charge in [0.25, 0.3) is 5.70 Å². The van der Waals surface area contributed by atoms with E-state index in [1.54, 1.807) is 19.3 Å². The van der Waals surface area contributed by atoms with Crippen molar-refractivity contribution in [1.29, 1.82) is 0 Å². The molecule has 1 rings (SSSR count). The number of aliphatic hydroxyl groups is 1. The maximum Gasteiger partial charge on any atom is 0.256 e. The van der Waals surface area contributed by atoms with Crippen LogP contribution in [0.3, 0.4) is 0 Å². The van der Waals surface area contributed by atoms with Gasteiger partial charge in [-0.15, -0.1) is 0 Å². The number of aliphatic hydroxyl groups excluding tert-OH is 1. The van der Waals surface area contributed by atoms with Crippen molar-refractivity contribution in [3.05, 3.63) is 64.0 Å². The molecule has 0 radical (unpaired) electrons. The minimum atomic E-state index is -0.373. The first-order valence-electron chi connectivity index (χ1n) is 5.84. The first-order chi connectivity index (χ1) is 9.67. The molecule has 0 atom stereocenters. The first kappa shape index (κ1) is 16.6. The summed E-state index contributed by atoms with van der Waals surface area (Å²) in [6, 6.07) is 7.45. The molecule has 0 unspecified atom stereocenters. The Morgan fingerprint density at radius 1 is 1.45 bits per heavy atom. The Kier molecular flexibility index (Phi) is 7.86. The highest BCUT2D eigenvalue weighted by Crippen LogP contribution is 2.32. The molecule has 1 aromatic rings. The van der Waals surface area contributed by atoms with Crippen LogP contribution in [0.5, 0.6) is 0 Å². The van der Waals surface area contributed by atoms with Crippen molar-refractivity contribution in [1.82, 2.24) is 5.32 Å². The average molecular weight is 312 g/mol. The van der Waals surface area contributed by atoms with Crippen molar-refractivity contribution >= 4 is 21.6 Å². The third kappa shape index (κ3) is 6.14. The Morgan fingerprint density at radius 3 is 2.70 bits per heavy atom. The number of nitrogens with one attached hydrogen (secondary N) is 1. The number of hydrogen-bond acceptors (Lipinski definition) is 6. The molecule has 0 heterocycles. The Morgan fingerprint density at radius 2 is 2.15 bits per heavy atom. The summed E-state index contributed by atoms with van der Waals surface area (Å²) >= 11 is 0. The van der Waals surface area contributed by atoms with Crippen LogP contribution in [0.15, 0.2) is 53.2 Å². The molecule has 20 heavy (non-hydrogen) atoms. The lowest BCUT2D eigenvalue weighted by molar-refractivity contribution is -0.423. The van der Waals surface area contributed by atoms with Gasteiger partial charge in [-0.3, -0.25) is 10.1 Å². The van der Waals surface area contributed by atoms with Gasteiger partial charge in [-0.2, -0.15) is 0 Å². The second kappa shape index (κ2) is 9.46. The standard InChI is InChI=1S/C13H16N2O3S2/c1-14-8-2-3-12(15(17)18)10-19-20-13-6-4-11(9-16)5-7-13/h2-8,14,16H,9-10H2,1H3/b8-2-,12-3+. The first-order valence-corrected chi connectivity index (χ1v) is 8.16. The lowest BCUT2D eigenvalue weighted by Crippen LogP contribution is -2.00. The van der Waals surface area contributed by atoms with E-state index in [0.717, 1.165) is 10.5 Å². The van der Waals surface area contributed by atoms with Crippen molar-refractivity contribution in [3.8, 4) is 0 Å². The number of allylic oxidation sites excluding steroid dienone is 2. The zero-order valence-corrected chi connectivity index (χ0v) is 12.6. The molecule has 5 nitrogen and oxygen atoms in total. The van der Waals surface area contributed by atoms with Gasteiger partial charge in [-0.05, 0) is 30.0 Å². The molecule has 0 fully saturated rings. The Bertz CT molecular complexity index is 487. The van der Waals surface area contributed by atoms with Gasteiger partial charge in [0, 0.05) is 18.0 Å². The van der Waals surface area contributed by atoms with Crippen LogP contribution in [0.1, 0.15) is 5.56 Å². The van der Waals surface area contributed by atoms with Crippen LogP contribution in [-0.4, -0.2) is 22.8 Å². The van der Waals surface area contributed by atoms with Crippen molar-refractivity contribution < 1.29 is 10.0 Å². The molecule has 0 saturated carbocycles. The van der Waals surface area contributed by atoms with Crippen LogP contribution in [0.2, 0.25) is 0 Å². The van der Waals surface area contributed by atoms with Crippen molar-refractivity contribution in [2.75, 3.05) is 12.8 Å². The van der Waals surface area contributed by atoms with E-state index in [2.05, 4.69) is 5.32 Å². The lowest BCUT2D eigenvalue weighted by Gasteiger charge is -2.01. The molecule has 0 aliphatic rings. The molecular formula is C13H16N2O3S2. The second-order valence-corrected chi connectivity index (χ2v) is 6.08. The third-order valence-electron chi connectivity index (χ3n) is 2.25. The summed E-state index contributed by atoms with van der Waals surface area (Å²) in [5.41, 5.74) is 1.00. The van der Waals surface area contributed by atoms with Gasteiger partial charge in [0.05, 0.1) is 17.3 Å². The molecule has 0 saturated heterocycles. The van der Waals surface area contributed by atoms with Gasteiger partial charge in [-0.25, -0.2) is 0 Å². The van der Waals surface area contributed by atoms with Crippen molar-refractivity contribution in [3.63, 3.8) is 0 Å². The van der Waals surface area contributed by atoms with Gasteiger partial charge < -0.3 is 10.4 Å². The highest BCUT2D eigenvalue weighted by Gasteiger charge is 2.09. The van der Waals surface area contributed by atoms with E-state index < -0.39 is 0 Å². The number of benzene rings is 1. The summed E-state index contributed by atoms with van der Waals surface area (Å²) in [4.78, 5) is 11.5. The SMILES string of the molecule is CN/C=C\C=C(/CSSc1ccc(CO)cc1)[N+](=O)[O-]. The van der Waals surface area contributed by atoms with Gasteiger partial charge in [0.2, 0.25) is 0 Å². The largest absolute Gasteiger partial charge is 0.394 e. The van der Waals surface area contributed by atoms with E-state index in [1.807, 2.05) is 24.3 Å². The fourth-order valence-electron chi connectivity index (χ4n) is 1.23. The molecule has 1 aromatic carbocycles. The maximum absolute atomic E-state index is 10.9. The zero-order chi connectivity index (χ0) is 14.8. The van der Waals surface area contributed by atoms with Gasteiger partial charge in [-0.1, -0.05) is 33.7 Å². The normalized spacial score (nSPS) is 11.8.